The highest BCUT2D eigenvalue weighted by Gasteiger charge is 2.54. The van der Waals surface area contributed by atoms with E-state index in [2.05, 4.69) is 37.1 Å². The number of likely N-dealkylation sites (tertiary alicyclic amines) is 1. The predicted molar refractivity (Wildman–Crippen MR) is 170 cm³/mol. The monoisotopic (exact) mass is 629 g/mol. The van der Waals surface area contributed by atoms with Crippen molar-refractivity contribution >= 4 is 39.3 Å². The number of carbonyl (C=O) groups excluding carboxylic acids is 1. The van der Waals surface area contributed by atoms with Crippen molar-refractivity contribution in [1.29, 1.82) is 5.26 Å². The van der Waals surface area contributed by atoms with E-state index in [1.54, 1.807) is 12.1 Å². The molecule has 0 bridgehead atoms. The van der Waals surface area contributed by atoms with Gasteiger partial charge in [0, 0.05) is 62.5 Å². The molecule has 1 atom stereocenters. The second-order valence-electron chi connectivity index (χ2n) is 12.9. The fourth-order valence-electron chi connectivity index (χ4n) is 6.86. The molecular formula is C33H36FN7O3S. The van der Waals surface area contributed by atoms with Gasteiger partial charge in [-0.2, -0.15) is 10.4 Å². The lowest BCUT2D eigenvalue weighted by molar-refractivity contribution is -0.272. The number of aryl methyl sites for hydroxylation is 2. The maximum atomic E-state index is 13.6. The number of ether oxygens (including phenoxy) is 2. The normalized spacial score (nSPS) is 20.2. The molecule has 12 heteroatoms. The van der Waals surface area contributed by atoms with Crippen LogP contribution in [0.3, 0.4) is 0 Å². The van der Waals surface area contributed by atoms with E-state index >= 15 is 0 Å². The number of halogens is 1. The number of amides is 1. The van der Waals surface area contributed by atoms with Crippen LogP contribution in [0.25, 0.3) is 16.8 Å². The van der Waals surface area contributed by atoms with Crippen LogP contribution in [0.15, 0.2) is 36.5 Å². The number of benzene rings is 1. The van der Waals surface area contributed by atoms with E-state index in [4.69, 9.17) is 19.6 Å². The first kappa shape index (κ1) is 29.6. The van der Waals surface area contributed by atoms with Gasteiger partial charge < -0.3 is 24.2 Å². The minimum atomic E-state index is -0.731. The molecule has 0 saturated carbocycles. The Morgan fingerprint density at radius 2 is 1.96 bits per heavy atom. The highest BCUT2D eigenvalue weighted by Crippen LogP contribution is 2.45. The summed E-state index contributed by atoms with van der Waals surface area (Å²) in [6.07, 6.45) is 2.94. The van der Waals surface area contributed by atoms with Crippen molar-refractivity contribution in [3.05, 3.63) is 58.5 Å². The van der Waals surface area contributed by atoms with E-state index in [0.717, 1.165) is 60.7 Å². The van der Waals surface area contributed by atoms with Crippen LogP contribution >= 0.6 is 11.3 Å². The van der Waals surface area contributed by atoms with Crippen LogP contribution < -0.4 is 9.80 Å². The number of hydrogen-bond acceptors (Lipinski definition) is 9. The molecule has 1 amide bonds. The van der Waals surface area contributed by atoms with E-state index in [9.17, 15) is 14.4 Å². The molecule has 3 aliphatic heterocycles. The standard InChI is InChI=1S/C33H36FN7O3S/c1-6-23-29(38(5)31-36-28(27(14-35)45-31)21-7-9-22(34)10-8-21)25-13-24(20(2)15-41(25)37-23)39-16-33(17-39)18-40(19-33)30(42)26-11-12-43-32(3,4)44-26/h7-10,13,15,26H,6,11-12,16-19H2,1-5H3. The number of carbonyl (C=O) groups is 1. The Kier molecular flexibility index (Phi) is 7.11. The van der Waals surface area contributed by atoms with E-state index in [1.165, 1.54) is 23.5 Å². The van der Waals surface area contributed by atoms with Crippen LogP contribution in [0.1, 0.15) is 43.3 Å². The minimum Gasteiger partial charge on any atom is -0.370 e. The average Bonchev–Trinajstić information content (AvgIpc) is 3.56. The Morgan fingerprint density at radius 1 is 1.22 bits per heavy atom. The SMILES string of the molecule is CCc1nn2cc(C)c(N3CC4(CN(C(=O)C5CCOC(C)(C)O5)C4)C3)cc2c1N(C)c1nc(-c2ccc(F)cc2)c(C#N)s1. The van der Waals surface area contributed by atoms with Gasteiger partial charge in [-0.25, -0.2) is 13.9 Å². The number of nitriles is 1. The lowest BCUT2D eigenvalue weighted by atomic mass is 9.72. The summed E-state index contributed by atoms with van der Waals surface area (Å²) in [5, 5.41) is 15.4. The number of hydrogen-bond donors (Lipinski definition) is 0. The molecule has 234 valence electrons. The highest BCUT2D eigenvalue weighted by atomic mass is 32.1. The summed E-state index contributed by atoms with van der Waals surface area (Å²) in [6.45, 7) is 11.7. The Balaban J connectivity index is 1.12. The molecule has 45 heavy (non-hydrogen) atoms. The molecule has 1 spiro atoms. The molecule has 3 saturated heterocycles. The third kappa shape index (κ3) is 5.13. The summed E-state index contributed by atoms with van der Waals surface area (Å²) < 4.78 is 27.0. The summed E-state index contributed by atoms with van der Waals surface area (Å²) in [7, 11) is 1.95. The summed E-state index contributed by atoms with van der Waals surface area (Å²) in [4.78, 5) is 24.7. The van der Waals surface area contributed by atoms with Crippen LogP contribution in [0.4, 0.5) is 20.9 Å². The minimum absolute atomic E-state index is 0.0661. The molecule has 0 radical (unpaired) electrons. The van der Waals surface area contributed by atoms with Crippen LogP contribution in [0.2, 0.25) is 0 Å². The first-order chi connectivity index (χ1) is 21.5. The number of anilines is 3. The van der Waals surface area contributed by atoms with Crippen molar-refractivity contribution in [1.82, 2.24) is 19.5 Å². The molecular weight excluding hydrogens is 593 g/mol. The van der Waals surface area contributed by atoms with Gasteiger partial charge in [-0.15, -0.1) is 0 Å². The summed E-state index contributed by atoms with van der Waals surface area (Å²) >= 11 is 1.31. The molecule has 3 aromatic heterocycles. The van der Waals surface area contributed by atoms with Crippen molar-refractivity contribution in [2.75, 3.05) is 49.6 Å². The van der Waals surface area contributed by atoms with E-state index in [-0.39, 0.29) is 17.1 Å². The van der Waals surface area contributed by atoms with Crippen LogP contribution in [-0.2, 0) is 20.7 Å². The van der Waals surface area contributed by atoms with Gasteiger partial charge in [0.2, 0.25) is 0 Å². The number of fused-ring (bicyclic) bond motifs is 1. The highest BCUT2D eigenvalue weighted by molar-refractivity contribution is 7.16. The van der Waals surface area contributed by atoms with Crippen molar-refractivity contribution in [3.63, 3.8) is 0 Å². The Bertz CT molecular complexity index is 1830. The van der Waals surface area contributed by atoms with Gasteiger partial charge in [-0.3, -0.25) is 4.79 Å². The van der Waals surface area contributed by atoms with Gasteiger partial charge in [0.25, 0.3) is 5.91 Å². The van der Waals surface area contributed by atoms with Crippen molar-refractivity contribution in [3.8, 4) is 17.3 Å². The third-order valence-electron chi connectivity index (χ3n) is 9.07. The number of thiazole rings is 1. The van der Waals surface area contributed by atoms with Crippen molar-refractivity contribution in [2.45, 2.75) is 52.4 Å². The zero-order valence-corrected chi connectivity index (χ0v) is 26.9. The number of nitrogens with zero attached hydrogens (tertiary/aromatic N) is 7. The fraction of sp³-hybridized carbons (Fsp3) is 0.455. The van der Waals surface area contributed by atoms with Gasteiger partial charge in [-0.1, -0.05) is 18.3 Å². The van der Waals surface area contributed by atoms with Crippen molar-refractivity contribution < 1.29 is 18.7 Å². The summed E-state index contributed by atoms with van der Waals surface area (Å²) in [5.74, 6) is -0.998. The Labute approximate surface area is 265 Å². The molecule has 10 nitrogen and oxygen atoms in total. The number of pyridine rings is 1. The lowest BCUT2D eigenvalue weighted by Gasteiger charge is -2.61. The zero-order valence-electron chi connectivity index (χ0n) is 26.1. The molecule has 7 rings (SSSR count). The molecule has 0 N–H and O–H groups in total. The average molecular weight is 630 g/mol. The van der Waals surface area contributed by atoms with E-state index < -0.39 is 11.9 Å². The molecule has 0 aliphatic carbocycles. The van der Waals surface area contributed by atoms with Gasteiger partial charge >= 0.3 is 0 Å². The van der Waals surface area contributed by atoms with E-state index in [0.29, 0.717) is 34.3 Å². The Hall–Kier alpha value is -4.05. The fourth-order valence-corrected chi connectivity index (χ4v) is 7.72. The predicted octanol–water partition coefficient (Wildman–Crippen LogP) is 5.30. The number of aromatic nitrogens is 3. The zero-order chi connectivity index (χ0) is 31.7. The molecule has 3 fully saturated rings. The topological polar surface area (TPSA) is 99.2 Å². The maximum absolute atomic E-state index is 13.6. The van der Waals surface area contributed by atoms with Crippen LogP contribution in [-0.4, -0.2) is 77.1 Å². The lowest BCUT2D eigenvalue weighted by Crippen LogP contribution is -2.74. The molecule has 3 aliphatic rings. The third-order valence-corrected chi connectivity index (χ3v) is 10.1. The van der Waals surface area contributed by atoms with Gasteiger partial charge in [-0.05, 0) is 63.1 Å². The molecule has 1 unspecified atom stereocenters. The molecule has 6 heterocycles. The van der Waals surface area contributed by atoms with E-state index in [1.807, 2.05) is 35.2 Å². The van der Waals surface area contributed by atoms with Crippen molar-refractivity contribution in [2.24, 2.45) is 5.41 Å². The first-order valence-electron chi connectivity index (χ1n) is 15.3. The smallest absolute Gasteiger partial charge is 0.251 e. The Morgan fingerprint density at radius 3 is 2.62 bits per heavy atom. The summed E-state index contributed by atoms with van der Waals surface area (Å²) in [5.41, 5.74) is 6.45. The molecule has 4 aromatic rings. The first-order valence-corrected chi connectivity index (χ1v) is 16.1. The largest absolute Gasteiger partial charge is 0.370 e. The number of rotatable bonds is 6. The summed E-state index contributed by atoms with van der Waals surface area (Å²) in [6, 6.07) is 10.5. The second kappa shape index (κ2) is 10.8. The van der Waals surface area contributed by atoms with Gasteiger partial charge in [0.15, 0.2) is 10.9 Å². The maximum Gasteiger partial charge on any atom is 0.251 e. The van der Waals surface area contributed by atoms with Gasteiger partial charge in [0.05, 0.1) is 23.5 Å². The molecule has 1 aromatic carbocycles. The quantitative estimate of drug-likeness (QED) is 0.284. The van der Waals surface area contributed by atoms with Gasteiger partial charge in [0.1, 0.15) is 28.6 Å². The second-order valence-corrected chi connectivity index (χ2v) is 13.8. The van der Waals surface area contributed by atoms with Crippen LogP contribution in [0.5, 0.6) is 0 Å². The van der Waals surface area contributed by atoms with Crippen LogP contribution in [0, 0.1) is 29.5 Å².